The van der Waals surface area contributed by atoms with Crippen LogP contribution in [0.1, 0.15) is 31.3 Å². The number of aryl methyl sites for hydroxylation is 2. The minimum Gasteiger partial charge on any atom is -0.376 e. The maximum atomic E-state index is 6.04. The molecule has 3 rings (SSSR count). The number of ether oxygens (including phenoxy) is 1. The predicted octanol–water partition coefficient (Wildman–Crippen LogP) is 2.48. The number of hydrogen-bond donors (Lipinski definition) is 0. The van der Waals surface area contributed by atoms with Gasteiger partial charge >= 0.3 is 0 Å². The third-order valence-corrected chi connectivity index (χ3v) is 3.95. The van der Waals surface area contributed by atoms with Crippen molar-refractivity contribution in [3.8, 4) is 0 Å². The van der Waals surface area contributed by atoms with Gasteiger partial charge in [-0.25, -0.2) is 9.67 Å². The van der Waals surface area contributed by atoms with Crippen molar-refractivity contribution in [1.82, 2.24) is 19.3 Å². The SMILES string of the molecule is CCn1nc(C)c2nc(CCl)n(CC3CCCO3)c21. The van der Waals surface area contributed by atoms with Crippen LogP contribution in [-0.2, 0) is 23.7 Å². The lowest BCUT2D eigenvalue weighted by Crippen LogP contribution is -2.18. The summed E-state index contributed by atoms with van der Waals surface area (Å²) in [5.41, 5.74) is 3.01. The summed E-state index contributed by atoms with van der Waals surface area (Å²) in [5.74, 6) is 1.33. The van der Waals surface area contributed by atoms with Crippen LogP contribution in [0.2, 0.25) is 0 Å². The Hall–Kier alpha value is -1.07. The molecule has 0 amide bonds. The second-order valence-electron chi connectivity index (χ2n) is 4.98. The minimum atomic E-state index is 0.278. The van der Waals surface area contributed by atoms with Crippen LogP contribution in [0.25, 0.3) is 11.2 Å². The van der Waals surface area contributed by atoms with Crippen molar-refractivity contribution in [2.45, 2.75) is 51.8 Å². The second-order valence-corrected chi connectivity index (χ2v) is 5.25. The van der Waals surface area contributed by atoms with E-state index in [0.717, 1.165) is 55.2 Å². The number of rotatable bonds is 4. The summed E-state index contributed by atoms with van der Waals surface area (Å²) in [6, 6.07) is 0. The van der Waals surface area contributed by atoms with Crippen molar-refractivity contribution in [1.29, 1.82) is 0 Å². The van der Waals surface area contributed by atoms with Crippen LogP contribution in [0.5, 0.6) is 0 Å². The van der Waals surface area contributed by atoms with Gasteiger partial charge in [-0.15, -0.1) is 11.6 Å². The molecule has 0 bridgehead atoms. The molecule has 0 aliphatic carbocycles. The molecule has 2 aromatic heterocycles. The minimum absolute atomic E-state index is 0.278. The van der Waals surface area contributed by atoms with Gasteiger partial charge in [-0.05, 0) is 26.7 Å². The third-order valence-electron chi connectivity index (χ3n) is 3.71. The number of fused-ring (bicyclic) bond motifs is 1. The molecular formula is C13H19ClN4O. The number of nitrogens with zero attached hydrogens (tertiary/aromatic N) is 4. The molecule has 0 spiro atoms. The normalized spacial score (nSPS) is 19.6. The third kappa shape index (κ3) is 2.15. The van der Waals surface area contributed by atoms with E-state index in [-0.39, 0.29) is 6.10 Å². The van der Waals surface area contributed by atoms with E-state index in [4.69, 9.17) is 16.3 Å². The van der Waals surface area contributed by atoms with Crippen LogP contribution in [0, 0.1) is 6.92 Å². The fourth-order valence-corrected chi connectivity index (χ4v) is 2.98. The van der Waals surface area contributed by atoms with Gasteiger partial charge in [0.1, 0.15) is 11.3 Å². The van der Waals surface area contributed by atoms with E-state index in [1.54, 1.807) is 0 Å². The van der Waals surface area contributed by atoms with Gasteiger partial charge in [-0.2, -0.15) is 5.10 Å². The highest BCUT2D eigenvalue weighted by molar-refractivity contribution is 6.16. The van der Waals surface area contributed by atoms with Gasteiger partial charge in [0, 0.05) is 13.2 Å². The van der Waals surface area contributed by atoms with Crippen molar-refractivity contribution < 1.29 is 4.74 Å². The average molecular weight is 283 g/mol. The largest absolute Gasteiger partial charge is 0.376 e. The average Bonchev–Trinajstić information content (AvgIpc) is 3.09. The van der Waals surface area contributed by atoms with Gasteiger partial charge in [0.05, 0.1) is 24.2 Å². The molecule has 19 heavy (non-hydrogen) atoms. The lowest BCUT2D eigenvalue weighted by molar-refractivity contribution is 0.0970. The highest BCUT2D eigenvalue weighted by Gasteiger charge is 2.22. The molecule has 1 fully saturated rings. The molecule has 6 heteroatoms. The van der Waals surface area contributed by atoms with Gasteiger partial charge in [0.2, 0.25) is 0 Å². The van der Waals surface area contributed by atoms with Crippen LogP contribution in [0.3, 0.4) is 0 Å². The van der Waals surface area contributed by atoms with Crippen molar-refractivity contribution in [2.24, 2.45) is 0 Å². The molecular weight excluding hydrogens is 264 g/mol. The van der Waals surface area contributed by atoms with Gasteiger partial charge in [0.25, 0.3) is 0 Å². The molecule has 1 atom stereocenters. The van der Waals surface area contributed by atoms with Gasteiger partial charge in [-0.3, -0.25) is 0 Å². The van der Waals surface area contributed by atoms with E-state index in [0.29, 0.717) is 5.88 Å². The van der Waals surface area contributed by atoms with E-state index >= 15 is 0 Å². The molecule has 3 heterocycles. The standard InChI is InChI=1S/C13H19ClN4O/c1-3-18-13-12(9(2)16-18)15-11(7-14)17(13)8-10-5-4-6-19-10/h10H,3-8H2,1-2H3. The van der Waals surface area contributed by atoms with Gasteiger partial charge in [-0.1, -0.05) is 0 Å². The molecule has 1 unspecified atom stereocenters. The Balaban J connectivity index is 2.07. The van der Waals surface area contributed by atoms with Crippen molar-refractivity contribution in [3.05, 3.63) is 11.5 Å². The summed E-state index contributed by atoms with van der Waals surface area (Å²) in [4.78, 5) is 4.63. The zero-order valence-electron chi connectivity index (χ0n) is 11.4. The molecule has 1 aliphatic heterocycles. The van der Waals surface area contributed by atoms with Crippen molar-refractivity contribution >= 4 is 22.8 Å². The maximum absolute atomic E-state index is 6.04. The van der Waals surface area contributed by atoms with Crippen LogP contribution >= 0.6 is 11.6 Å². The number of imidazole rings is 1. The first-order valence-corrected chi connectivity index (χ1v) is 7.38. The number of halogens is 1. The first-order valence-electron chi connectivity index (χ1n) is 6.84. The van der Waals surface area contributed by atoms with Gasteiger partial charge in [0.15, 0.2) is 5.65 Å². The molecule has 5 nitrogen and oxygen atoms in total. The lowest BCUT2D eigenvalue weighted by Gasteiger charge is -2.13. The van der Waals surface area contributed by atoms with E-state index in [2.05, 4.69) is 21.6 Å². The van der Waals surface area contributed by atoms with Gasteiger partial charge < -0.3 is 9.30 Å². The van der Waals surface area contributed by atoms with Crippen LogP contribution in [0.4, 0.5) is 0 Å². The molecule has 1 aliphatic rings. The topological polar surface area (TPSA) is 44.9 Å². The summed E-state index contributed by atoms with van der Waals surface area (Å²) in [7, 11) is 0. The predicted molar refractivity (Wildman–Crippen MR) is 74.5 cm³/mol. The van der Waals surface area contributed by atoms with E-state index in [1.165, 1.54) is 0 Å². The maximum Gasteiger partial charge on any atom is 0.159 e. The van der Waals surface area contributed by atoms with E-state index in [9.17, 15) is 0 Å². The smallest absolute Gasteiger partial charge is 0.159 e. The lowest BCUT2D eigenvalue weighted by atomic mass is 10.2. The molecule has 2 aromatic rings. The van der Waals surface area contributed by atoms with E-state index in [1.807, 2.05) is 11.6 Å². The summed E-state index contributed by atoms with van der Waals surface area (Å²) in [6.45, 7) is 6.61. The van der Waals surface area contributed by atoms with Crippen molar-refractivity contribution in [3.63, 3.8) is 0 Å². The number of alkyl halides is 1. The number of aromatic nitrogens is 4. The summed E-state index contributed by atoms with van der Waals surface area (Å²) >= 11 is 6.04. The number of hydrogen-bond acceptors (Lipinski definition) is 3. The molecule has 0 N–H and O–H groups in total. The molecule has 0 aromatic carbocycles. The van der Waals surface area contributed by atoms with Crippen LogP contribution < -0.4 is 0 Å². The quantitative estimate of drug-likeness (QED) is 0.809. The Kier molecular flexibility index (Phi) is 3.50. The Labute approximate surface area is 117 Å². The Morgan fingerprint density at radius 1 is 1.47 bits per heavy atom. The Bertz CT molecular complexity index is 583. The zero-order chi connectivity index (χ0) is 13.4. The molecule has 0 saturated carbocycles. The first kappa shape index (κ1) is 12.9. The first-order chi connectivity index (χ1) is 9.24. The Morgan fingerprint density at radius 2 is 2.32 bits per heavy atom. The van der Waals surface area contributed by atoms with Crippen LogP contribution in [0.15, 0.2) is 0 Å². The highest BCUT2D eigenvalue weighted by atomic mass is 35.5. The molecule has 1 saturated heterocycles. The fraction of sp³-hybridized carbons (Fsp3) is 0.692. The highest BCUT2D eigenvalue weighted by Crippen LogP contribution is 2.23. The zero-order valence-corrected chi connectivity index (χ0v) is 12.2. The summed E-state index contributed by atoms with van der Waals surface area (Å²) in [5, 5.41) is 4.53. The van der Waals surface area contributed by atoms with Crippen LogP contribution in [-0.4, -0.2) is 32.0 Å². The molecule has 104 valence electrons. The Morgan fingerprint density at radius 3 is 2.95 bits per heavy atom. The fourth-order valence-electron chi connectivity index (χ4n) is 2.78. The van der Waals surface area contributed by atoms with Crippen molar-refractivity contribution in [2.75, 3.05) is 6.61 Å². The second kappa shape index (κ2) is 5.13. The van der Waals surface area contributed by atoms with E-state index < -0.39 is 0 Å². The summed E-state index contributed by atoms with van der Waals surface area (Å²) in [6.07, 6.45) is 2.53. The summed E-state index contributed by atoms with van der Waals surface area (Å²) < 4.78 is 9.92. The monoisotopic (exact) mass is 282 g/mol. The molecule has 0 radical (unpaired) electrons.